The number of pyridine rings is 2. The smallest absolute Gasteiger partial charge is 0.260 e. The lowest BCUT2D eigenvalue weighted by atomic mass is 9.94. The number of hydrogen-bond donors (Lipinski definition) is 1. The minimum Gasteiger partial charge on any atom is -0.462 e. The molecule has 0 fully saturated rings. The van der Waals surface area contributed by atoms with Gasteiger partial charge in [0.05, 0.1) is 5.56 Å². The highest BCUT2D eigenvalue weighted by molar-refractivity contribution is 6.15. The first-order valence-corrected chi connectivity index (χ1v) is 9.66. The number of nitrogens with one attached hydrogen (secondary N) is 1. The number of ether oxygens (including phenoxy) is 1. The SMILES string of the molecule is N#CCOc1ccc(/C=C/C(=O)c2c(-c3ccccc3)c3cc(F)ccc3[nH]c2=O)cn1. The monoisotopic (exact) mass is 425 g/mol. The van der Waals surface area contributed by atoms with Crippen LogP contribution < -0.4 is 10.3 Å². The first-order chi connectivity index (χ1) is 15.6. The van der Waals surface area contributed by atoms with Crippen LogP contribution in [-0.4, -0.2) is 22.4 Å². The van der Waals surface area contributed by atoms with Crippen LogP contribution in [0.2, 0.25) is 0 Å². The van der Waals surface area contributed by atoms with Crippen molar-refractivity contribution in [2.45, 2.75) is 0 Å². The molecule has 0 aliphatic carbocycles. The van der Waals surface area contributed by atoms with E-state index in [9.17, 15) is 14.0 Å². The van der Waals surface area contributed by atoms with Gasteiger partial charge in [0.25, 0.3) is 5.56 Å². The number of nitrogens with zero attached hydrogens (tertiary/aromatic N) is 2. The zero-order chi connectivity index (χ0) is 22.5. The van der Waals surface area contributed by atoms with Crippen LogP contribution in [0.25, 0.3) is 28.1 Å². The predicted molar refractivity (Wildman–Crippen MR) is 119 cm³/mol. The number of aromatic nitrogens is 2. The molecule has 7 heteroatoms. The molecule has 0 saturated carbocycles. The Morgan fingerprint density at radius 1 is 1.16 bits per heavy atom. The summed E-state index contributed by atoms with van der Waals surface area (Å²) in [5, 5.41) is 8.98. The Morgan fingerprint density at radius 2 is 1.97 bits per heavy atom. The maximum Gasteiger partial charge on any atom is 0.260 e. The molecule has 0 bridgehead atoms. The topological polar surface area (TPSA) is 95.8 Å². The highest BCUT2D eigenvalue weighted by Gasteiger charge is 2.19. The average Bonchev–Trinajstić information content (AvgIpc) is 2.82. The fourth-order valence-corrected chi connectivity index (χ4v) is 3.34. The van der Waals surface area contributed by atoms with E-state index in [2.05, 4.69) is 9.97 Å². The summed E-state index contributed by atoms with van der Waals surface area (Å²) in [5.41, 5.74) is 1.41. The normalized spacial score (nSPS) is 10.9. The van der Waals surface area contributed by atoms with Crippen LogP contribution in [0.4, 0.5) is 4.39 Å². The third-order valence-electron chi connectivity index (χ3n) is 4.76. The summed E-state index contributed by atoms with van der Waals surface area (Å²) in [6.07, 6.45) is 4.27. The van der Waals surface area contributed by atoms with Crippen LogP contribution in [0.15, 0.2) is 77.7 Å². The van der Waals surface area contributed by atoms with Crippen LogP contribution >= 0.6 is 0 Å². The molecule has 4 rings (SSSR count). The Morgan fingerprint density at radius 3 is 2.69 bits per heavy atom. The van der Waals surface area contributed by atoms with Gasteiger partial charge in [-0.15, -0.1) is 0 Å². The molecule has 6 nitrogen and oxygen atoms in total. The summed E-state index contributed by atoms with van der Waals surface area (Å²) < 4.78 is 19.1. The van der Waals surface area contributed by atoms with E-state index in [1.54, 1.807) is 36.4 Å². The molecule has 0 unspecified atom stereocenters. The van der Waals surface area contributed by atoms with E-state index in [1.165, 1.54) is 36.5 Å². The van der Waals surface area contributed by atoms with Crippen LogP contribution in [-0.2, 0) is 0 Å². The number of ketones is 1. The quantitative estimate of drug-likeness (QED) is 0.362. The molecule has 0 saturated heterocycles. The molecule has 0 amide bonds. The van der Waals surface area contributed by atoms with Crippen LogP contribution in [0, 0.1) is 17.1 Å². The van der Waals surface area contributed by atoms with E-state index in [0.717, 1.165) is 0 Å². The number of aromatic amines is 1. The van der Waals surface area contributed by atoms with Crippen molar-refractivity contribution in [1.82, 2.24) is 9.97 Å². The van der Waals surface area contributed by atoms with Crippen LogP contribution in [0.1, 0.15) is 15.9 Å². The van der Waals surface area contributed by atoms with Gasteiger partial charge in [-0.05, 0) is 47.5 Å². The van der Waals surface area contributed by atoms with Gasteiger partial charge in [0.1, 0.15) is 11.9 Å². The van der Waals surface area contributed by atoms with Crippen molar-refractivity contribution >= 4 is 22.8 Å². The molecule has 0 atom stereocenters. The number of H-pyrrole nitrogens is 1. The number of hydrogen-bond acceptors (Lipinski definition) is 5. The predicted octanol–water partition coefficient (Wildman–Crippen LogP) is 4.53. The third-order valence-corrected chi connectivity index (χ3v) is 4.76. The molecule has 2 heterocycles. The second kappa shape index (κ2) is 9.06. The maximum atomic E-state index is 14.0. The number of carbonyl (C=O) groups excluding carboxylic acids is 1. The number of carbonyl (C=O) groups is 1. The van der Waals surface area contributed by atoms with E-state index in [1.807, 2.05) is 12.1 Å². The molecule has 2 aromatic carbocycles. The molecular weight excluding hydrogens is 409 g/mol. The van der Waals surface area contributed by atoms with Gasteiger partial charge in [-0.25, -0.2) is 9.37 Å². The van der Waals surface area contributed by atoms with Gasteiger partial charge >= 0.3 is 0 Å². The van der Waals surface area contributed by atoms with E-state index in [-0.39, 0.29) is 18.1 Å². The van der Waals surface area contributed by atoms with Crippen molar-refractivity contribution in [2.75, 3.05) is 6.61 Å². The molecule has 1 N–H and O–H groups in total. The number of fused-ring (bicyclic) bond motifs is 1. The van der Waals surface area contributed by atoms with Crippen molar-refractivity contribution in [3.8, 4) is 23.1 Å². The van der Waals surface area contributed by atoms with Gasteiger partial charge in [0.2, 0.25) is 5.88 Å². The van der Waals surface area contributed by atoms with Crippen molar-refractivity contribution in [1.29, 1.82) is 5.26 Å². The highest BCUT2D eigenvalue weighted by Crippen LogP contribution is 2.30. The summed E-state index contributed by atoms with van der Waals surface area (Å²) in [4.78, 5) is 32.7. The summed E-state index contributed by atoms with van der Waals surface area (Å²) in [6.45, 7) is -0.117. The van der Waals surface area contributed by atoms with Gasteiger partial charge in [-0.2, -0.15) is 5.26 Å². The first-order valence-electron chi connectivity index (χ1n) is 9.66. The Hall–Kier alpha value is -4.57. The number of halogens is 1. The second-order valence-corrected chi connectivity index (χ2v) is 6.83. The second-order valence-electron chi connectivity index (χ2n) is 6.83. The van der Waals surface area contributed by atoms with E-state index in [0.29, 0.717) is 27.6 Å². The first kappa shape index (κ1) is 20.7. The number of allylic oxidation sites excluding steroid dienone is 1. The lowest BCUT2D eigenvalue weighted by Crippen LogP contribution is -2.18. The molecule has 0 aliphatic rings. The van der Waals surface area contributed by atoms with Gasteiger partial charge < -0.3 is 9.72 Å². The summed E-state index contributed by atoms with van der Waals surface area (Å²) in [5.74, 6) is -0.712. The standard InChI is InChI=1S/C25H16FN3O3/c26-18-8-9-20-19(14-18)23(17-4-2-1-3-5-17)24(25(31)29-20)21(30)10-6-16-7-11-22(28-15-16)32-13-12-27/h1-11,14-15H,13H2,(H,29,31)/b10-6+. The molecule has 0 radical (unpaired) electrons. The fourth-order valence-electron chi connectivity index (χ4n) is 3.34. The van der Waals surface area contributed by atoms with Gasteiger partial charge in [-0.3, -0.25) is 9.59 Å². The summed E-state index contributed by atoms with van der Waals surface area (Å²) >= 11 is 0. The molecule has 32 heavy (non-hydrogen) atoms. The van der Waals surface area contributed by atoms with Gasteiger partial charge in [0, 0.05) is 28.7 Å². The zero-order valence-corrected chi connectivity index (χ0v) is 16.7. The highest BCUT2D eigenvalue weighted by atomic mass is 19.1. The molecule has 156 valence electrons. The molecule has 0 spiro atoms. The molecule has 2 aromatic heterocycles. The number of rotatable bonds is 6. The number of nitriles is 1. The Labute approximate surface area is 182 Å². The van der Waals surface area contributed by atoms with Crippen molar-refractivity contribution in [3.63, 3.8) is 0 Å². The lowest BCUT2D eigenvalue weighted by molar-refractivity contribution is 0.104. The Bertz CT molecular complexity index is 1420. The third kappa shape index (κ3) is 4.30. The van der Waals surface area contributed by atoms with Crippen molar-refractivity contribution < 1.29 is 13.9 Å². The zero-order valence-electron chi connectivity index (χ0n) is 16.7. The van der Waals surface area contributed by atoms with Gasteiger partial charge in [0.15, 0.2) is 12.4 Å². The fraction of sp³-hybridized carbons (Fsp3) is 0.0400. The van der Waals surface area contributed by atoms with Crippen molar-refractivity contribution in [3.05, 3.63) is 100 Å². The van der Waals surface area contributed by atoms with Crippen molar-refractivity contribution in [2.24, 2.45) is 0 Å². The number of benzene rings is 2. The molecule has 0 aliphatic heterocycles. The van der Waals surface area contributed by atoms with E-state index < -0.39 is 17.2 Å². The Kier molecular flexibility index (Phi) is 5.86. The summed E-state index contributed by atoms with van der Waals surface area (Å²) in [7, 11) is 0. The van der Waals surface area contributed by atoms with Crippen LogP contribution in [0.3, 0.4) is 0 Å². The minimum absolute atomic E-state index is 0.0764. The van der Waals surface area contributed by atoms with Gasteiger partial charge in [-0.1, -0.05) is 30.3 Å². The van der Waals surface area contributed by atoms with E-state index in [4.69, 9.17) is 10.00 Å². The minimum atomic E-state index is -0.559. The Balaban J connectivity index is 1.77. The average molecular weight is 425 g/mol. The lowest BCUT2D eigenvalue weighted by Gasteiger charge is -2.11. The van der Waals surface area contributed by atoms with E-state index >= 15 is 0 Å². The molecule has 4 aromatic rings. The largest absolute Gasteiger partial charge is 0.462 e. The van der Waals surface area contributed by atoms with Crippen LogP contribution in [0.5, 0.6) is 5.88 Å². The summed E-state index contributed by atoms with van der Waals surface area (Å²) in [6, 6.07) is 18.0. The maximum absolute atomic E-state index is 14.0. The molecular formula is C25H16FN3O3.